The van der Waals surface area contributed by atoms with E-state index in [0.29, 0.717) is 22.4 Å². The Morgan fingerprint density at radius 3 is 1.51 bits per heavy atom. The minimum Gasteiger partial charge on any atom is -0.294 e. The summed E-state index contributed by atoms with van der Waals surface area (Å²) in [5.74, 6) is -1.05. The van der Waals surface area contributed by atoms with Gasteiger partial charge in [0.15, 0.2) is 11.6 Å². The van der Waals surface area contributed by atoms with Crippen molar-refractivity contribution < 1.29 is 19.2 Å². The highest BCUT2D eigenvalue weighted by atomic mass is 16.2. The number of nitrogens with zero attached hydrogens (tertiary/aromatic N) is 1. The Labute approximate surface area is 222 Å². The molecule has 0 unspecified atom stereocenters. The second-order valence-electron chi connectivity index (χ2n) is 7.16. The van der Waals surface area contributed by atoms with E-state index < -0.39 is 11.7 Å². The zero-order valence-corrected chi connectivity index (χ0v) is 23.7. The van der Waals surface area contributed by atoms with Crippen LogP contribution in [-0.2, 0) is 11.2 Å². The van der Waals surface area contributed by atoms with Crippen LogP contribution >= 0.6 is 0 Å². The van der Waals surface area contributed by atoms with E-state index in [9.17, 15) is 19.2 Å². The molecule has 0 aliphatic carbocycles. The van der Waals surface area contributed by atoms with Crippen LogP contribution in [0.25, 0.3) is 0 Å². The maximum atomic E-state index is 12.1. The molecule has 0 radical (unpaired) electrons. The summed E-state index contributed by atoms with van der Waals surface area (Å²) in [5, 5.41) is 0. The molecule has 4 rings (SSSR count). The molecule has 1 aliphatic rings. The van der Waals surface area contributed by atoms with Gasteiger partial charge in [-0.3, -0.25) is 24.1 Å². The van der Waals surface area contributed by atoms with Gasteiger partial charge in [0.2, 0.25) is 0 Å². The summed E-state index contributed by atoms with van der Waals surface area (Å²) in [6.45, 7) is 17.0. The predicted molar refractivity (Wildman–Crippen MR) is 154 cm³/mol. The van der Waals surface area contributed by atoms with Gasteiger partial charge in [-0.25, -0.2) is 0 Å². The van der Waals surface area contributed by atoms with E-state index in [-0.39, 0.29) is 11.6 Å². The molecular weight excluding hydrogens is 462 g/mol. The maximum absolute atomic E-state index is 12.1. The summed E-state index contributed by atoms with van der Waals surface area (Å²) >= 11 is 0. The molecule has 1 heterocycles. The zero-order chi connectivity index (χ0) is 28.5. The van der Waals surface area contributed by atoms with Crippen LogP contribution in [0.4, 0.5) is 11.4 Å². The van der Waals surface area contributed by atoms with E-state index in [1.165, 1.54) is 24.3 Å². The molecule has 3 aromatic carbocycles. The van der Waals surface area contributed by atoms with Crippen LogP contribution in [0, 0.1) is 0 Å². The monoisotopic (exact) mass is 503 g/mol. The lowest BCUT2D eigenvalue weighted by Crippen LogP contribution is -2.24. The van der Waals surface area contributed by atoms with Crippen molar-refractivity contribution in [1.82, 2.24) is 0 Å². The Morgan fingerprint density at radius 1 is 0.649 bits per heavy atom. The van der Waals surface area contributed by atoms with Crippen molar-refractivity contribution in [3.05, 3.63) is 95.1 Å². The predicted octanol–water partition coefficient (Wildman–Crippen LogP) is 8.28. The average Bonchev–Trinajstić information content (AvgIpc) is 3.22. The number of ketones is 3. The third-order valence-corrected chi connectivity index (χ3v) is 5.08. The molecule has 0 saturated carbocycles. The number of benzene rings is 3. The van der Waals surface area contributed by atoms with Crippen LogP contribution in [-0.4, -0.2) is 23.3 Å². The number of para-hydroxylation sites is 1. The molecule has 0 fully saturated rings. The first-order chi connectivity index (χ1) is 17.8. The van der Waals surface area contributed by atoms with Gasteiger partial charge in [-0.1, -0.05) is 97.0 Å². The second-order valence-corrected chi connectivity index (χ2v) is 7.16. The number of fused-ring (bicyclic) bond motifs is 1. The van der Waals surface area contributed by atoms with Gasteiger partial charge in [0.05, 0.1) is 11.3 Å². The highest BCUT2D eigenvalue weighted by Crippen LogP contribution is 2.35. The summed E-state index contributed by atoms with van der Waals surface area (Å²) in [5.41, 5.74) is 4.10. The summed E-state index contributed by atoms with van der Waals surface area (Å²) in [6.07, 6.45) is 0.948. The van der Waals surface area contributed by atoms with Crippen molar-refractivity contribution in [2.24, 2.45) is 0 Å². The Morgan fingerprint density at radius 2 is 1.08 bits per heavy atom. The molecular formula is C32H41NO4. The van der Waals surface area contributed by atoms with E-state index >= 15 is 0 Å². The minimum atomic E-state index is -0.481. The highest BCUT2D eigenvalue weighted by molar-refractivity contribution is 6.53. The lowest BCUT2D eigenvalue weighted by molar-refractivity contribution is -0.113. The van der Waals surface area contributed by atoms with Gasteiger partial charge in [0, 0.05) is 16.8 Å². The molecule has 3 aromatic rings. The lowest BCUT2D eigenvalue weighted by Gasteiger charge is -2.16. The molecule has 0 bridgehead atoms. The van der Waals surface area contributed by atoms with Gasteiger partial charge in [-0.15, -0.1) is 0 Å². The van der Waals surface area contributed by atoms with Crippen LogP contribution in [0.1, 0.15) is 99.0 Å². The van der Waals surface area contributed by atoms with E-state index in [1.54, 1.807) is 42.5 Å². The first kappa shape index (κ1) is 33.1. The van der Waals surface area contributed by atoms with Crippen LogP contribution in [0.5, 0.6) is 0 Å². The number of anilines is 2. The Hall–Kier alpha value is -3.86. The molecule has 5 nitrogen and oxygen atoms in total. The van der Waals surface area contributed by atoms with Crippen molar-refractivity contribution in [3.8, 4) is 0 Å². The average molecular weight is 504 g/mol. The largest absolute Gasteiger partial charge is 0.304 e. The van der Waals surface area contributed by atoms with Crippen molar-refractivity contribution in [2.45, 2.75) is 68.7 Å². The van der Waals surface area contributed by atoms with Crippen LogP contribution < -0.4 is 4.90 Å². The van der Waals surface area contributed by atoms with E-state index in [4.69, 9.17) is 0 Å². The number of amides is 1. The van der Waals surface area contributed by atoms with E-state index in [2.05, 4.69) is 6.92 Å². The molecule has 37 heavy (non-hydrogen) atoms. The minimum absolute atomic E-state index is 0.0687. The molecule has 1 amide bonds. The number of rotatable bonds is 4. The van der Waals surface area contributed by atoms with Crippen molar-refractivity contribution in [3.63, 3.8) is 0 Å². The van der Waals surface area contributed by atoms with Crippen molar-refractivity contribution in [1.29, 1.82) is 0 Å². The van der Waals surface area contributed by atoms with Gasteiger partial charge < -0.3 is 0 Å². The SMILES string of the molecule is CC.CC.CC.CC(=O)c1ccccc1C(C)=O.CCc1ccc(N2C(=O)C(=O)c3ccccc32)cc1. The quantitative estimate of drug-likeness (QED) is 0.265. The molecule has 198 valence electrons. The molecule has 0 spiro atoms. The van der Waals surface area contributed by atoms with Crippen LogP contribution in [0.2, 0.25) is 0 Å². The number of aryl methyl sites for hydroxylation is 1. The first-order valence-electron chi connectivity index (χ1n) is 13.0. The van der Waals surface area contributed by atoms with E-state index in [0.717, 1.165) is 12.1 Å². The van der Waals surface area contributed by atoms with Crippen molar-refractivity contribution >= 4 is 34.6 Å². The Balaban J connectivity index is 0.000000624. The second kappa shape index (κ2) is 17.6. The normalized spacial score (nSPS) is 10.7. The van der Waals surface area contributed by atoms with Crippen LogP contribution in [0.15, 0.2) is 72.8 Å². The standard InChI is InChI=1S/C16H13NO2.C10H10O2.3C2H6/c1-2-11-7-9-12(10-8-11)17-14-6-4-3-5-13(14)15(18)16(17)19;1-7(11)9-5-3-4-6-10(9)8(2)12;3*1-2/h3-10H,2H2,1H3;3-6H,1-2H3;3*1-2H3. The zero-order valence-electron chi connectivity index (χ0n) is 23.7. The van der Waals surface area contributed by atoms with E-state index in [1.807, 2.05) is 71.9 Å². The summed E-state index contributed by atoms with van der Waals surface area (Å²) in [6, 6.07) is 21.7. The smallest absolute Gasteiger partial charge is 0.294 e. The third kappa shape index (κ3) is 8.64. The fourth-order valence-electron chi connectivity index (χ4n) is 3.42. The van der Waals surface area contributed by atoms with Crippen LogP contribution in [0.3, 0.4) is 0 Å². The number of hydrogen-bond donors (Lipinski definition) is 0. The Kier molecular flexibility index (Phi) is 15.7. The molecule has 0 saturated heterocycles. The maximum Gasteiger partial charge on any atom is 0.304 e. The van der Waals surface area contributed by atoms with Gasteiger partial charge in [0.25, 0.3) is 5.78 Å². The fraction of sp³-hybridized carbons (Fsp3) is 0.312. The molecule has 5 heteroatoms. The molecule has 1 aliphatic heterocycles. The number of hydrogen-bond acceptors (Lipinski definition) is 4. The number of carbonyl (C=O) groups excluding carboxylic acids is 4. The van der Waals surface area contributed by atoms with Gasteiger partial charge in [0.1, 0.15) is 0 Å². The van der Waals surface area contributed by atoms with Gasteiger partial charge in [-0.05, 0) is 50.1 Å². The van der Waals surface area contributed by atoms with Gasteiger partial charge in [-0.2, -0.15) is 0 Å². The summed E-state index contributed by atoms with van der Waals surface area (Å²) in [7, 11) is 0. The molecule has 0 N–H and O–H groups in total. The van der Waals surface area contributed by atoms with Gasteiger partial charge >= 0.3 is 5.91 Å². The molecule has 0 aromatic heterocycles. The number of carbonyl (C=O) groups is 4. The molecule has 0 atom stereocenters. The first-order valence-corrected chi connectivity index (χ1v) is 13.0. The van der Waals surface area contributed by atoms with Crippen molar-refractivity contribution in [2.75, 3.05) is 4.90 Å². The Bertz CT molecular complexity index is 1130. The lowest BCUT2D eigenvalue weighted by atomic mass is 10.0. The summed E-state index contributed by atoms with van der Waals surface area (Å²) in [4.78, 5) is 47.5. The topological polar surface area (TPSA) is 71.5 Å². The fourth-order valence-corrected chi connectivity index (χ4v) is 3.42. The summed E-state index contributed by atoms with van der Waals surface area (Å²) < 4.78 is 0. The highest BCUT2D eigenvalue weighted by Gasteiger charge is 2.36. The number of Topliss-reactive ketones (excluding diaryl/α,β-unsaturated/α-hetero) is 3. The third-order valence-electron chi connectivity index (χ3n) is 5.08.